The Labute approximate surface area is 130 Å². The van der Waals surface area contributed by atoms with Gasteiger partial charge in [0.2, 0.25) is 0 Å². The third-order valence-corrected chi connectivity index (χ3v) is 4.97. The summed E-state index contributed by atoms with van der Waals surface area (Å²) in [7, 11) is 0. The van der Waals surface area contributed by atoms with E-state index in [1.165, 1.54) is 38.5 Å². The van der Waals surface area contributed by atoms with Crippen molar-refractivity contribution < 1.29 is 0 Å². The van der Waals surface area contributed by atoms with Crippen molar-refractivity contribution in [2.75, 3.05) is 0 Å². The van der Waals surface area contributed by atoms with Crippen molar-refractivity contribution in [2.24, 2.45) is 5.92 Å². The van der Waals surface area contributed by atoms with E-state index in [-0.39, 0.29) is 0 Å². The van der Waals surface area contributed by atoms with Gasteiger partial charge < -0.3 is 0 Å². The van der Waals surface area contributed by atoms with Crippen molar-refractivity contribution in [3.63, 3.8) is 0 Å². The summed E-state index contributed by atoms with van der Waals surface area (Å²) in [6.07, 6.45) is 11.1. The molecule has 2 unspecified atom stereocenters. The molecule has 0 heterocycles. The van der Waals surface area contributed by atoms with Crippen LogP contribution >= 0.6 is 11.6 Å². The Kier molecular flexibility index (Phi) is 7.99. The molecule has 0 fully saturated rings. The molecule has 112 valence electrons. The first kappa shape index (κ1) is 17.3. The van der Waals surface area contributed by atoms with Crippen molar-refractivity contribution >= 4 is 11.6 Å². The molecule has 20 heavy (non-hydrogen) atoms. The van der Waals surface area contributed by atoms with Gasteiger partial charge in [-0.25, -0.2) is 0 Å². The minimum atomic E-state index is -0.426. The molecule has 0 amide bonds. The summed E-state index contributed by atoms with van der Waals surface area (Å²) in [4.78, 5) is -0.426. The van der Waals surface area contributed by atoms with Crippen LogP contribution < -0.4 is 0 Å². The average Bonchev–Trinajstić information content (AvgIpc) is 2.50. The van der Waals surface area contributed by atoms with Crippen LogP contribution in [-0.4, -0.2) is 0 Å². The molecule has 0 bridgehead atoms. The molecule has 0 saturated carbocycles. The summed E-state index contributed by atoms with van der Waals surface area (Å²) in [6, 6.07) is 10.3. The molecule has 0 spiro atoms. The molecule has 0 aliphatic carbocycles. The number of hydrogen-bond acceptors (Lipinski definition) is 0. The molecule has 1 heteroatoms. The lowest BCUT2D eigenvalue weighted by Crippen LogP contribution is -2.25. The first-order valence-corrected chi connectivity index (χ1v) is 8.41. The number of halogens is 1. The van der Waals surface area contributed by atoms with Gasteiger partial charge in [-0.2, -0.15) is 0 Å². The standard InChI is InChI=1S/C19H29Cl/c1-4-6-7-8-9-11-14-17(3)19(20,5-2)18-15-12-10-13-16-18/h5,10,12-13,15-17H,2,4,6-9,11,14H2,1,3H3. The topological polar surface area (TPSA) is 0 Å². The van der Waals surface area contributed by atoms with E-state index >= 15 is 0 Å². The fraction of sp³-hybridized carbons (Fsp3) is 0.579. The van der Waals surface area contributed by atoms with Gasteiger partial charge in [0.1, 0.15) is 0 Å². The van der Waals surface area contributed by atoms with E-state index in [4.69, 9.17) is 11.6 Å². The van der Waals surface area contributed by atoms with Crippen molar-refractivity contribution in [1.29, 1.82) is 0 Å². The second kappa shape index (κ2) is 9.23. The van der Waals surface area contributed by atoms with Crippen LogP contribution in [0.4, 0.5) is 0 Å². The van der Waals surface area contributed by atoms with Crippen molar-refractivity contribution in [1.82, 2.24) is 0 Å². The maximum absolute atomic E-state index is 6.84. The minimum Gasteiger partial charge on any atom is -0.109 e. The average molecular weight is 293 g/mol. The van der Waals surface area contributed by atoms with Crippen LogP contribution in [0.2, 0.25) is 0 Å². The summed E-state index contributed by atoms with van der Waals surface area (Å²) in [5, 5.41) is 0. The van der Waals surface area contributed by atoms with Gasteiger partial charge in [0, 0.05) is 0 Å². The smallest absolute Gasteiger partial charge is 0.0897 e. The van der Waals surface area contributed by atoms with Crippen LogP contribution in [0.1, 0.15) is 64.4 Å². The van der Waals surface area contributed by atoms with Gasteiger partial charge in [-0.1, -0.05) is 88.8 Å². The second-order valence-corrected chi connectivity index (χ2v) is 6.42. The Balaban J connectivity index is 2.47. The molecule has 0 aliphatic rings. The zero-order valence-electron chi connectivity index (χ0n) is 13.1. The lowest BCUT2D eigenvalue weighted by atomic mass is 9.83. The van der Waals surface area contributed by atoms with Gasteiger partial charge >= 0.3 is 0 Å². The molecule has 1 aromatic rings. The van der Waals surface area contributed by atoms with E-state index in [9.17, 15) is 0 Å². The monoisotopic (exact) mass is 292 g/mol. The predicted octanol–water partition coefficient (Wildman–Crippen LogP) is 6.69. The molecular formula is C19H29Cl. The van der Waals surface area contributed by atoms with E-state index in [0.717, 1.165) is 12.0 Å². The van der Waals surface area contributed by atoms with Crippen LogP contribution in [0.15, 0.2) is 43.0 Å². The highest BCUT2D eigenvalue weighted by Gasteiger charge is 2.31. The Morgan fingerprint density at radius 3 is 2.30 bits per heavy atom. The largest absolute Gasteiger partial charge is 0.109 e. The van der Waals surface area contributed by atoms with Crippen LogP contribution in [-0.2, 0) is 4.87 Å². The molecule has 0 radical (unpaired) electrons. The molecule has 0 N–H and O–H groups in total. The number of benzene rings is 1. The molecule has 0 saturated heterocycles. The first-order chi connectivity index (χ1) is 9.65. The highest BCUT2D eigenvalue weighted by atomic mass is 35.5. The summed E-state index contributed by atoms with van der Waals surface area (Å²) in [5.41, 5.74) is 1.16. The van der Waals surface area contributed by atoms with Gasteiger partial charge in [0.05, 0.1) is 4.87 Å². The quantitative estimate of drug-likeness (QED) is 0.256. The van der Waals surface area contributed by atoms with Gasteiger partial charge in [-0.05, 0) is 17.9 Å². The van der Waals surface area contributed by atoms with E-state index in [1.807, 2.05) is 24.3 Å². The normalized spacial score (nSPS) is 15.6. The fourth-order valence-electron chi connectivity index (χ4n) is 2.74. The van der Waals surface area contributed by atoms with Crippen molar-refractivity contribution in [3.8, 4) is 0 Å². The maximum atomic E-state index is 6.84. The maximum Gasteiger partial charge on any atom is 0.0897 e. The molecule has 0 aromatic heterocycles. The van der Waals surface area contributed by atoms with Crippen LogP contribution in [0.3, 0.4) is 0 Å². The van der Waals surface area contributed by atoms with Gasteiger partial charge in [-0.15, -0.1) is 18.2 Å². The first-order valence-electron chi connectivity index (χ1n) is 8.03. The van der Waals surface area contributed by atoms with Crippen LogP contribution in [0.5, 0.6) is 0 Å². The molecular weight excluding hydrogens is 264 g/mol. The van der Waals surface area contributed by atoms with Crippen LogP contribution in [0.25, 0.3) is 0 Å². The van der Waals surface area contributed by atoms with E-state index in [1.54, 1.807) is 0 Å². The van der Waals surface area contributed by atoms with Gasteiger partial charge in [0.15, 0.2) is 0 Å². The number of unbranched alkanes of at least 4 members (excludes halogenated alkanes) is 5. The lowest BCUT2D eigenvalue weighted by Gasteiger charge is -2.31. The second-order valence-electron chi connectivity index (χ2n) is 5.80. The summed E-state index contributed by atoms with van der Waals surface area (Å²) >= 11 is 6.84. The highest BCUT2D eigenvalue weighted by molar-refractivity contribution is 6.25. The number of allylic oxidation sites excluding steroid dienone is 1. The Hall–Kier alpha value is -0.750. The Morgan fingerprint density at radius 2 is 1.70 bits per heavy atom. The zero-order chi connectivity index (χ0) is 14.8. The SMILES string of the molecule is C=CC(Cl)(c1ccccc1)C(C)CCCCCCCC. The van der Waals surface area contributed by atoms with Crippen molar-refractivity contribution in [3.05, 3.63) is 48.6 Å². The van der Waals surface area contributed by atoms with E-state index < -0.39 is 4.87 Å². The van der Waals surface area contributed by atoms with E-state index in [2.05, 4.69) is 32.6 Å². The summed E-state index contributed by atoms with van der Waals surface area (Å²) < 4.78 is 0. The molecule has 1 rings (SSSR count). The number of hydrogen-bond donors (Lipinski definition) is 0. The number of alkyl halides is 1. The molecule has 2 atom stereocenters. The minimum absolute atomic E-state index is 0.412. The highest BCUT2D eigenvalue weighted by Crippen LogP contribution is 2.40. The third-order valence-electron chi connectivity index (χ3n) is 4.22. The lowest BCUT2D eigenvalue weighted by molar-refractivity contribution is 0.416. The van der Waals surface area contributed by atoms with Gasteiger partial charge in [0.25, 0.3) is 0 Å². The summed E-state index contributed by atoms with van der Waals surface area (Å²) in [6.45, 7) is 8.47. The fourth-order valence-corrected chi connectivity index (χ4v) is 2.97. The molecule has 0 nitrogen and oxygen atoms in total. The van der Waals surface area contributed by atoms with Gasteiger partial charge in [-0.3, -0.25) is 0 Å². The third kappa shape index (κ3) is 4.98. The molecule has 0 aliphatic heterocycles. The zero-order valence-corrected chi connectivity index (χ0v) is 13.8. The van der Waals surface area contributed by atoms with Crippen molar-refractivity contribution in [2.45, 2.75) is 63.7 Å². The predicted molar refractivity (Wildman–Crippen MR) is 91.3 cm³/mol. The number of rotatable bonds is 10. The Bertz CT molecular complexity index is 371. The van der Waals surface area contributed by atoms with Crippen LogP contribution in [0, 0.1) is 5.92 Å². The van der Waals surface area contributed by atoms with E-state index in [0.29, 0.717) is 5.92 Å². The molecule has 1 aromatic carbocycles. The summed E-state index contributed by atoms with van der Waals surface area (Å²) in [5.74, 6) is 0.412. The Morgan fingerprint density at radius 1 is 1.10 bits per heavy atom.